The average molecular weight is 212 g/mol. The van der Waals surface area contributed by atoms with Gasteiger partial charge in [0.2, 0.25) is 0 Å². The minimum Gasteiger partial charge on any atom is -0.423 e. The van der Waals surface area contributed by atoms with Crippen molar-refractivity contribution in [3.8, 4) is 5.75 Å². The Balaban J connectivity index is 2.41. The van der Waals surface area contributed by atoms with Crippen LogP contribution in [0, 0.1) is 5.82 Å². The fourth-order valence-electron chi connectivity index (χ4n) is 0.991. The quantitative estimate of drug-likeness (QED) is 0.329. The van der Waals surface area contributed by atoms with Gasteiger partial charge in [-0.05, 0) is 19.2 Å². The number of para-hydroxylation sites is 1. The minimum absolute atomic E-state index is 0.0352. The Hall–Kier alpha value is -1.46. The lowest BCUT2D eigenvalue weighted by Crippen LogP contribution is -2.30. The van der Waals surface area contributed by atoms with Crippen LogP contribution in [0.2, 0.25) is 0 Å². The predicted octanol–water partition coefficient (Wildman–Crippen LogP) is 0.845. The van der Waals surface area contributed by atoms with Crippen LogP contribution in [-0.4, -0.2) is 19.6 Å². The van der Waals surface area contributed by atoms with Crippen LogP contribution in [0.3, 0.4) is 0 Å². The van der Waals surface area contributed by atoms with Crippen molar-refractivity contribution in [2.24, 2.45) is 0 Å². The van der Waals surface area contributed by atoms with E-state index in [0.29, 0.717) is 6.54 Å². The van der Waals surface area contributed by atoms with E-state index in [1.54, 1.807) is 13.1 Å². The number of benzene rings is 1. The highest BCUT2D eigenvalue weighted by molar-refractivity contribution is 5.72. The zero-order chi connectivity index (χ0) is 11.1. The summed E-state index contributed by atoms with van der Waals surface area (Å²) in [6.07, 6.45) is 0.176. The molecule has 4 nitrogen and oxygen atoms in total. The van der Waals surface area contributed by atoms with E-state index in [4.69, 9.17) is 4.74 Å². The van der Waals surface area contributed by atoms with Crippen LogP contribution in [0.5, 0.6) is 5.75 Å². The Morgan fingerprint density at radius 3 is 2.87 bits per heavy atom. The third-order valence-electron chi connectivity index (χ3n) is 1.69. The number of esters is 1. The molecule has 0 aliphatic heterocycles. The maximum Gasteiger partial charge on any atom is 0.312 e. The summed E-state index contributed by atoms with van der Waals surface area (Å²) in [4.78, 5) is 11.2. The highest BCUT2D eigenvalue weighted by Crippen LogP contribution is 2.15. The molecule has 1 aromatic carbocycles. The van der Waals surface area contributed by atoms with E-state index in [-0.39, 0.29) is 12.2 Å². The molecule has 0 spiro atoms. The second kappa shape index (κ2) is 6.10. The average Bonchev–Trinajstić information content (AvgIpc) is 2.22. The predicted molar refractivity (Wildman–Crippen MR) is 53.7 cm³/mol. The largest absolute Gasteiger partial charge is 0.423 e. The van der Waals surface area contributed by atoms with Crippen LogP contribution < -0.4 is 15.6 Å². The molecule has 0 saturated carbocycles. The van der Waals surface area contributed by atoms with Crippen LogP contribution in [-0.2, 0) is 4.79 Å². The van der Waals surface area contributed by atoms with E-state index in [0.717, 1.165) is 0 Å². The summed E-state index contributed by atoms with van der Waals surface area (Å²) in [5, 5.41) is 0. The van der Waals surface area contributed by atoms with Crippen molar-refractivity contribution < 1.29 is 13.9 Å². The van der Waals surface area contributed by atoms with Gasteiger partial charge in [-0.2, -0.15) is 0 Å². The highest BCUT2D eigenvalue weighted by atomic mass is 19.1. The molecular formula is C10H13FN2O2. The van der Waals surface area contributed by atoms with E-state index < -0.39 is 11.8 Å². The van der Waals surface area contributed by atoms with Crippen LogP contribution >= 0.6 is 0 Å². The smallest absolute Gasteiger partial charge is 0.312 e. The number of carbonyl (C=O) groups is 1. The van der Waals surface area contributed by atoms with Crippen LogP contribution in [0.15, 0.2) is 24.3 Å². The maximum absolute atomic E-state index is 13.0. The molecule has 0 heterocycles. The number of halogens is 1. The Morgan fingerprint density at radius 1 is 1.47 bits per heavy atom. The van der Waals surface area contributed by atoms with Gasteiger partial charge in [0.1, 0.15) is 0 Å². The molecule has 0 radical (unpaired) electrons. The van der Waals surface area contributed by atoms with Crippen LogP contribution in [0.25, 0.3) is 0 Å². The van der Waals surface area contributed by atoms with Crippen LogP contribution in [0.1, 0.15) is 6.42 Å². The first-order valence-electron chi connectivity index (χ1n) is 4.59. The summed E-state index contributed by atoms with van der Waals surface area (Å²) in [7, 11) is 1.70. The van der Waals surface area contributed by atoms with E-state index >= 15 is 0 Å². The summed E-state index contributed by atoms with van der Waals surface area (Å²) in [6, 6.07) is 5.81. The van der Waals surface area contributed by atoms with E-state index in [2.05, 4.69) is 10.9 Å². The first kappa shape index (κ1) is 11.6. The molecule has 0 fully saturated rings. The normalized spacial score (nSPS) is 10.0. The second-order valence-corrected chi connectivity index (χ2v) is 2.83. The summed E-state index contributed by atoms with van der Waals surface area (Å²) < 4.78 is 17.8. The maximum atomic E-state index is 13.0. The van der Waals surface area contributed by atoms with Gasteiger partial charge in [-0.3, -0.25) is 15.6 Å². The molecule has 1 rings (SSSR count). The van der Waals surface area contributed by atoms with Gasteiger partial charge in [0, 0.05) is 6.54 Å². The van der Waals surface area contributed by atoms with Crippen molar-refractivity contribution in [1.82, 2.24) is 10.9 Å². The number of hydrazine groups is 1. The molecule has 0 unspecified atom stereocenters. The SMILES string of the molecule is CNNCCC(=O)Oc1ccccc1F. The topological polar surface area (TPSA) is 50.4 Å². The van der Waals surface area contributed by atoms with E-state index in [1.807, 2.05) is 0 Å². The minimum atomic E-state index is -0.535. The van der Waals surface area contributed by atoms with Crippen molar-refractivity contribution in [3.63, 3.8) is 0 Å². The number of hydrogen-bond acceptors (Lipinski definition) is 4. The molecule has 0 saturated heterocycles. The third-order valence-corrected chi connectivity index (χ3v) is 1.69. The Bertz CT molecular complexity index is 331. The Morgan fingerprint density at radius 2 is 2.20 bits per heavy atom. The number of hydrogen-bond donors (Lipinski definition) is 2. The molecule has 0 aromatic heterocycles. The number of nitrogens with one attached hydrogen (secondary N) is 2. The molecule has 0 amide bonds. The molecule has 0 aliphatic carbocycles. The number of ether oxygens (including phenoxy) is 1. The van der Waals surface area contributed by atoms with E-state index in [1.165, 1.54) is 18.2 Å². The first-order chi connectivity index (χ1) is 7.24. The third kappa shape index (κ3) is 4.05. The first-order valence-corrected chi connectivity index (χ1v) is 4.59. The fourth-order valence-corrected chi connectivity index (χ4v) is 0.991. The fraction of sp³-hybridized carbons (Fsp3) is 0.300. The number of carbonyl (C=O) groups excluding carboxylic acids is 1. The molecular weight excluding hydrogens is 199 g/mol. The molecule has 0 bridgehead atoms. The van der Waals surface area contributed by atoms with Gasteiger partial charge in [0.15, 0.2) is 11.6 Å². The summed E-state index contributed by atoms with van der Waals surface area (Å²) in [6.45, 7) is 0.434. The van der Waals surface area contributed by atoms with Gasteiger partial charge in [-0.25, -0.2) is 4.39 Å². The molecule has 15 heavy (non-hydrogen) atoms. The monoisotopic (exact) mass is 212 g/mol. The van der Waals surface area contributed by atoms with Gasteiger partial charge < -0.3 is 4.74 Å². The zero-order valence-corrected chi connectivity index (χ0v) is 8.42. The Kier molecular flexibility index (Phi) is 4.73. The van der Waals surface area contributed by atoms with Crippen molar-refractivity contribution in [2.75, 3.05) is 13.6 Å². The van der Waals surface area contributed by atoms with Crippen molar-refractivity contribution in [2.45, 2.75) is 6.42 Å². The molecule has 2 N–H and O–H groups in total. The van der Waals surface area contributed by atoms with E-state index in [9.17, 15) is 9.18 Å². The lowest BCUT2D eigenvalue weighted by atomic mass is 10.3. The summed E-state index contributed by atoms with van der Waals surface area (Å²) >= 11 is 0. The van der Waals surface area contributed by atoms with Crippen molar-refractivity contribution >= 4 is 5.97 Å². The molecule has 5 heteroatoms. The second-order valence-electron chi connectivity index (χ2n) is 2.83. The van der Waals surface area contributed by atoms with Crippen molar-refractivity contribution in [1.29, 1.82) is 0 Å². The molecule has 1 aromatic rings. The Labute approximate surface area is 87.4 Å². The van der Waals surface area contributed by atoms with Crippen molar-refractivity contribution in [3.05, 3.63) is 30.1 Å². The highest BCUT2D eigenvalue weighted by Gasteiger charge is 2.07. The lowest BCUT2D eigenvalue weighted by Gasteiger charge is -2.05. The standard InChI is InChI=1S/C10H13FN2O2/c1-12-13-7-6-10(14)15-9-5-3-2-4-8(9)11/h2-5,12-13H,6-7H2,1H3. The van der Waals surface area contributed by atoms with Gasteiger partial charge in [0.25, 0.3) is 0 Å². The number of rotatable bonds is 5. The zero-order valence-electron chi connectivity index (χ0n) is 8.42. The lowest BCUT2D eigenvalue weighted by molar-refractivity contribution is -0.134. The van der Waals surface area contributed by atoms with Crippen LogP contribution in [0.4, 0.5) is 4.39 Å². The van der Waals surface area contributed by atoms with Gasteiger partial charge in [-0.1, -0.05) is 12.1 Å². The van der Waals surface area contributed by atoms with Gasteiger partial charge >= 0.3 is 5.97 Å². The molecule has 0 atom stereocenters. The van der Waals surface area contributed by atoms with Gasteiger partial charge in [-0.15, -0.1) is 0 Å². The van der Waals surface area contributed by atoms with Gasteiger partial charge in [0.05, 0.1) is 6.42 Å². The molecule has 82 valence electrons. The molecule has 0 aliphatic rings. The summed E-state index contributed by atoms with van der Waals surface area (Å²) in [5.41, 5.74) is 5.40. The summed E-state index contributed by atoms with van der Waals surface area (Å²) in [5.74, 6) is -1.04.